The Morgan fingerprint density at radius 3 is 2.83 bits per heavy atom. The average molecular weight is 245 g/mol. The number of nitrogens with one attached hydrogen (secondary N) is 1. The number of aliphatic imine (C=N–C) groups is 2. The molecule has 2 heterocycles. The molecule has 3 heteroatoms. The van der Waals surface area contributed by atoms with Gasteiger partial charge in [0, 0.05) is 24.7 Å². The number of allylic oxidation sites excluding steroid dienone is 1. The molecule has 0 fully saturated rings. The first-order valence-electron chi connectivity index (χ1n) is 6.67. The van der Waals surface area contributed by atoms with Gasteiger partial charge in [-0.1, -0.05) is 27.4 Å². The SMILES string of the molecule is C=C1/C=C\N=C/[C@]2(C)C(=NCC(C)[C@H](C)[C@H]2C)N1. The van der Waals surface area contributed by atoms with Gasteiger partial charge >= 0.3 is 0 Å². The molecule has 2 aliphatic rings. The van der Waals surface area contributed by atoms with Gasteiger partial charge in [-0.2, -0.15) is 0 Å². The third-order valence-electron chi connectivity index (χ3n) is 4.66. The van der Waals surface area contributed by atoms with Crippen molar-refractivity contribution in [2.45, 2.75) is 27.7 Å². The van der Waals surface area contributed by atoms with Gasteiger partial charge < -0.3 is 5.32 Å². The summed E-state index contributed by atoms with van der Waals surface area (Å²) in [6.07, 6.45) is 5.70. The van der Waals surface area contributed by atoms with Gasteiger partial charge in [-0.05, 0) is 30.8 Å². The van der Waals surface area contributed by atoms with Gasteiger partial charge in [-0.25, -0.2) is 0 Å². The highest BCUT2D eigenvalue weighted by Gasteiger charge is 2.41. The lowest BCUT2D eigenvalue weighted by atomic mass is 9.69. The average Bonchev–Trinajstić information content (AvgIpc) is 2.40. The Hall–Kier alpha value is -1.38. The maximum atomic E-state index is 4.77. The fourth-order valence-electron chi connectivity index (χ4n) is 2.70. The predicted molar refractivity (Wildman–Crippen MR) is 77.8 cm³/mol. The summed E-state index contributed by atoms with van der Waals surface area (Å²) in [7, 11) is 0. The summed E-state index contributed by atoms with van der Waals surface area (Å²) in [6.45, 7) is 14.0. The lowest BCUT2D eigenvalue weighted by molar-refractivity contribution is 0.233. The number of hydrogen-bond donors (Lipinski definition) is 1. The molecule has 0 aromatic carbocycles. The summed E-state index contributed by atoms with van der Waals surface area (Å²) < 4.78 is 0. The molecule has 2 rings (SSSR count). The lowest BCUT2D eigenvalue weighted by Gasteiger charge is -2.37. The van der Waals surface area contributed by atoms with Crippen LogP contribution in [-0.4, -0.2) is 18.6 Å². The summed E-state index contributed by atoms with van der Waals surface area (Å²) in [5, 5.41) is 3.35. The van der Waals surface area contributed by atoms with E-state index in [0.29, 0.717) is 17.8 Å². The third kappa shape index (κ3) is 2.14. The zero-order valence-electron chi connectivity index (χ0n) is 11.8. The van der Waals surface area contributed by atoms with Crippen LogP contribution in [0.25, 0.3) is 0 Å². The Morgan fingerprint density at radius 2 is 2.11 bits per heavy atom. The first-order valence-corrected chi connectivity index (χ1v) is 6.67. The molecular weight excluding hydrogens is 222 g/mol. The van der Waals surface area contributed by atoms with E-state index in [1.165, 1.54) is 0 Å². The van der Waals surface area contributed by atoms with E-state index in [9.17, 15) is 0 Å². The molecule has 0 radical (unpaired) electrons. The molecule has 18 heavy (non-hydrogen) atoms. The standard InChI is InChI=1S/C15H23N3/c1-10-8-17-14-15(5,13(4)12(10)3)9-16-7-6-11(2)18-14/h6-7,9-10,12-13H,2,8H2,1,3-5H3,(H,17,18)/b7-6-,16-9-/t10?,12-,13+,15-/m0/s1. The Balaban J connectivity index is 2.47. The largest absolute Gasteiger partial charge is 0.344 e. The number of fused-ring (bicyclic) bond motifs is 1. The van der Waals surface area contributed by atoms with Crippen LogP contribution in [-0.2, 0) is 0 Å². The maximum Gasteiger partial charge on any atom is 0.112 e. The summed E-state index contributed by atoms with van der Waals surface area (Å²) in [5.41, 5.74) is 0.712. The van der Waals surface area contributed by atoms with E-state index in [4.69, 9.17) is 4.99 Å². The molecule has 2 aliphatic heterocycles. The Labute approximate surface area is 110 Å². The van der Waals surface area contributed by atoms with Crippen molar-refractivity contribution in [2.75, 3.05) is 6.54 Å². The monoisotopic (exact) mass is 245 g/mol. The highest BCUT2D eigenvalue weighted by Crippen LogP contribution is 2.38. The van der Waals surface area contributed by atoms with Gasteiger partial charge in [0.25, 0.3) is 0 Å². The number of amidine groups is 1. The van der Waals surface area contributed by atoms with Crippen LogP contribution in [0.5, 0.6) is 0 Å². The minimum absolute atomic E-state index is 0.141. The van der Waals surface area contributed by atoms with Crippen molar-refractivity contribution < 1.29 is 0 Å². The molecule has 4 atom stereocenters. The van der Waals surface area contributed by atoms with Crippen molar-refractivity contribution in [3.63, 3.8) is 0 Å². The topological polar surface area (TPSA) is 36.8 Å². The second-order valence-corrected chi connectivity index (χ2v) is 5.84. The molecule has 0 saturated heterocycles. The van der Waals surface area contributed by atoms with E-state index in [2.05, 4.69) is 44.6 Å². The Morgan fingerprint density at radius 1 is 1.39 bits per heavy atom. The number of rotatable bonds is 0. The molecule has 1 N–H and O–H groups in total. The van der Waals surface area contributed by atoms with E-state index < -0.39 is 0 Å². The molecular formula is C15H23N3. The van der Waals surface area contributed by atoms with Crippen LogP contribution >= 0.6 is 0 Å². The molecule has 98 valence electrons. The van der Waals surface area contributed by atoms with Crippen molar-refractivity contribution >= 4 is 12.1 Å². The summed E-state index contributed by atoms with van der Waals surface area (Å²) >= 11 is 0. The maximum absolute atomic E-state index is 4.77. The zero-order chi connectivity index (χ0) is 13.3. The summed E-state index contributed by atoms with van der Waals surface area (Å²) in [4.78, 5) is 9.17. The second kappa shape index (κ2) is 4.71. The fourth-order valence-corrected chi connectivity index (χ4v) is 2.70. The predicted octanol–water partition coefficient (Wildman–Crippen LogP) is 3.01. The van der Waals surface area contributed by atoms with E-state index >= 15 is 0 Å². The fraction of sp³-hybridized carbons (Fsp3) is 0.600. The van der Waals surface area contributed by atoms with Crippen LogP contribution in [0.4, 0.5) is 0 Å². The van der Waals surface area contributed by atoms with Crippen LogP contribution in [0.1, 0.15) is 27.7 Å². The molecule has 0 aliphatic carbocycles. The van der Waals surface area contributed by atoms with Crippen LogP contribution in [0.3, 0.4) is 0 Å². The van der Waals surface area contributed by atoms with Crippen molar-refractivity contribution in [3.8, 4) is 0 Å². The Bertz CT molecular complexity index is 433. The van der Waals surface area contributed by atoms with Crippen LogP contribution in [0, 0.1) is 23.2 Å². The van der Waals surface area contributed by atoms with E-state index in [-0.39, 0.29) is 5.41 Å². The van der Waals surface area contributed by atoms with Crippen LogP contribution < -0.4 is 5.32 Å². The molecule has 0 bridgehead atoms. The van der Waals surface area contributed by atoms with Gasteiger partial charge in [-0.15, -0.1) is 0 Å². The van der Waals surface area contributed by atoms with E-state index in [1.54, 1.807) is 6.20 Å². The summed E-state index contributed by atoms with van der Waals surface area (Å²) in [6, 6.07) is 0. The summed E-state index contributed by atoms with van der Waals surface area (Å²) in [5.74, 6) is 2.70. The second-order valence-electron chi connectivity index (χ2n) is 5.84. The highest BCUT2D eigenvalue weighted by molar-refractivity contribution is 6.03. The molecule has 0 amide bonds. The number of hydrogen-bond acceptors (Lipinski definition) is 3. The van der Waals surface area contributed by atoms with Gasteiger partial charge in [0.2, 0.25) is 0 Å². The van der Waals surface area contributed by atoms with Crippen LogP contribution in [0.15, 0.2) is 34.5 Å². The van der Waals surface area contributed by atoms with E-state index in [1.807, 2.05) is 12.3 Å². The molecule has 3 nitrogen and oxygen atoms in total. The molecule has 0 aromatic rings. The first-order chi connectivity index (χ1) is 8.45. The molecule has 0 aromatic heterocycles. The quantitative estimate of drug-likeness (QED) is 0.700. The van der Waals surface area contributed by atoms with Crippen molar-refractivity contribution in [2.24, 2.45) is 33.2 Å². The molecule has 0 saturated carbocycles. The van der Waals surface area contributed by atoms with Gasteiger partial charge in [0.15, 0.2) is 0 Å². The van der Waals surface area contributed by atoms with Crippen molar-refractivity contribution in [1.29, 1.82) is 0 Å². The smallest absolute Gasteiger partial charge is 0.112 e. The molecule has 0 spiro atoms. The Kier molecular flexibility index (Phi) is 3.42. The van der Waals surface area contributed by atoms with Crippen LogP contribution in [0.2, 0.25) is 0 Å². The van der Waals surface area contributed by atoms with Gasteiger partial charge in [-0.3, -0.25) is 9.98 Å². The minimum Gasteiger partial charge on any atom is -0.344 e. The third-order valence-corrected chi connectivity index (χ3v) is 4.66. The zero-order valence-corrected chi connectivity index (χ0v) is 11.8. The number of nitrogens with zero attached hydrogens (tertiary/aromatic N) is 2. The van der Waals surface area contributed by atoms with Gasteiger partial charge in [0.1, 0.15) is 5.84 Å². The lowest BCUT2D eigenvalue weighted by Crippen LogP contribution is -2.45. The first kappa shape index (κ1) is 13.1. The van der Waals surface area contributed by atoms with Crippen molar-refractivity contribution in [1.82, 2.24) is 5.32 Å². The van der Waals surface area contributed by atoms with E-state index in [0.717, 1.165) is 18.1 Å². The van der Waals surface area contributed by atoms with Crippen molar-refractivity contribution in [3.05, 3.63) is 24.6 Å². The minimum atomic E-state index is -0.141. The highest BCUT2D eigenvalue weighted by atomic mass is 15.0. The molecule has 1 unspecified atom stereocenters. The normalized spacial score (nSPS) is 43.7. The van der Waals surface area contributed by atoms with Gasteiger partial charge in [0.05, 0.1) is 5.41 Å².